The first kappa shape index (κ1) is 30.3. The van der Waals surface area contributed by atoms with Crippen LogP contribution in [0.25, 0.3) is 0 Å². The highest BCUT2D eigenvalue weighted by Crippen LogP contribution is 2.12. The lowest BCUT2D eigenvalue weighted by atomic mass is 10.00. The maximum Gasteiger partial charge on any atom is 0.326 e. The summed E-state index contributed by atoms with van der Waals surface area (Å²) >= 11 is 0. The molecule has 0 spiro atoms. The van der Waals surface area contributed by atoms with Gasteiger partial charge in [0.1, 0.15) is 23.9 Å². The number of carbonyl (C=O) groups excluding carboxylic acids is 3. The Kier molecular flexibility index (Phi) is 11.3. The smallest absolute Gasteiger partial charge is 0.326 e. The number of phenols is 1. The minimum atomic E-state index is -1.19. The number of nitrogens with two attached hydrogens (primary N) is 1. The van der Waals surface area contributed by atoms with Gasteiger partial charge in [0.2, 0.25) is 17.7 Å². The van der Waals surface area contributed by atoms with Gasteiger partial charge in [0.15, 0.2) is 0 Å². The van der Waals surface area contributed by atoms with Gasteiger partial charge in [-0.25, -0.2) is 9.78 Å². The van der Waals surface area contributed by atoms with Gasteiger partial charge >= 0.3 is 5.97 Å². The highest BCUT2D eigenvalue weighted by Gasteiger charge is 2.32. The van der Waals surface area contributed by atoms with Gasteiger partial charge in [-0.1, -0.05) is 39.8 Å². The topological polar surface area (TPSA) is 200 Å². The molecule has 0 radical (unpaired) electrons. The number of nitrogens with zero attached hydrogens (tertiary/aromatic N) is 1. The van der Waals surface area contributed by atoms with E-state index in [1.807, 2.05) is 13.8 Å². The Hall–Kier alpha value is -3.93. The summed E-state index contributed by atoms with van der Waals surface area (Å²) in [7, 11) is 0. The lowest BCUT2D eigenvalue weighted by Gasteiger charge is -2.26. The van der Waals surface area contributed by atoms with Gasteiger partial charge < -0.3 is 36.9 Å². The van der Waals surface area contributed by atoms with Crippen molar-refractivity contribution in [3.8, 4) is 5.75 Å². The van der Waals surface area contributed by atoms with Gasteiger partial charge in [-0.3, -0.25) is 14.4 Å². The first-order chi connectivity index (χ1) is 17.9. The SMILES string of the molecule is CC(C)CC(NC(=O)C(N)Cc1ccc(O)cc1)C(=O)NC(Cc1cnc[nH]1)C(=O)NC(C(=O)O)C(C)C. The number of imidazole rings is 1. The van der Waals surface area contributed by atoms with Crippen LogP contribution in [0, 0.1) is 11.8 Å². The number of amides is 3. The van der Waals surface area contributed by atoms with Crippen LogP contribution in [0.3, 0.4) is 0 Å². The Morgan fingerprint density at radius 2 is 1.53 bits per heavy atom. The van der Waals surface area contributed by atoms with Crippen molar-refractivity contribution in [3.63, 3.8) is 0 Å². The molecule has 1 aromatic carbocycles. The number of aromatic amines is 1. The Balaban J connectivity index is 2.16. The molecular formula is C26H38N6O6. The van der Waals surface area contributed by atoms with E-state index in [2.05, 4.69) is 25.9 Å². The standard InChI is InChI=1S/C26H38N6O6/c1-14(2)9-20(30-23(34)19(27)10-16-5-7-18(33)8-6-16)24(35)31-21(11-17-12-28-13-29-17)25(36)32-22(15(3)4)26(37)38/h5-8,12-15,19-22,33H,9-11,27H2,1-4H3,(H,28,29)(H,30,34)(H,31,35)(H,32,36)(H,37,38). The van der Waals surface area contributed by atoms with Gasteiger partial charge in [-0.15, -0.1) is 0 Å². The second-order valence-electron chi connectivity index (χ2n) is 10.1. The Bertz CT molecular complexity index is 1070. The molecule has 208 valence electrons. The summed E-state index contributed by atoms with van der Waals surface area (Å²) in [4.78, 5) is 57.7. The average Bonchev–Trinajstić information content (AvgIpc) is 3.35. The zero-order valence-electron chi connectivity index (χ0n) is 22.1. The fourth-order valence-electron chi connectivity index (χ4n) is 3.83. The molecule has 0 bridgehead atoms. The summed E-state index contributed by atoms with van der Waals surface area (Å²) in [6, 6.07) is 2.09. The van der Waals surface area contributed by atoms with E-state index in [-0.39, 0.29) is 36.8 Å². The number of carboxylic acids is 1. The number of carboxylic acid groups (broad SMARTS) is 1. The number of nitrogens with one attached hydrogen (secondary N) is 4. The molecule has 0 saturated carbocycles. The minimum absolute atomic E-state index is 0.0246. The highest BCUT2D eigenvalue weighted by atomic mass is 16.4. The van der Waals surface area contributed by atoms with E-state index in [4.69, 9.17) is 5.73 Å². The third-order valence-corrected chi connectivity index (χ3v) is 5.91. The molecule has 1 aromatic heterocycles. The lowest BCUT2D eigenvalue weighted by Crippen LogP contribution is -2.58. The molecule has 2 aromatic rings. The van der Waals surface area contributed by atoms with Crippen LogP contribution in [0.1, 0.15) is 45.4 Å². The number of hydrogen-bond donors (Lipinski definition) is 7. The molecule has 38 heavy (non-hydrogen) atoms. The second-order valence-corrected chi connectivity index (χ2v) is 10.1. The fraction of sp³-hybridized carbons (Fsp3) is 0.500. The van der Waals surface area contributed by atoms with E-state index in [0.29, 0.717) is 5.69 Å². The van der Waals surface area contributed by atoms with Crippen LogP contribution >= 0.6 is 0 Å². The van der Waals surface area contributed by atoms with E-state index in [1.54, 1.807) is 26.0 Å². The Morgan fingerprint density at radius 1 is 0.921 bits per heavy atom. The number of phenolic OH excluding ortho intramolecular Hbond substituents is 1. The molecule has 0 saturated heterocycles. The molecule has 8 N–H and O–H groups in total. The van der Waals surface area contributed by atoms with Crippen molar-refractivity contribution >= 4 is 23.7 Å². The van der Waals surface area contributed by atoms with Crippen LogP contribution in [0.15, 0.2) is 36.8 Å². The number of rotatable bonds is 14. The average molecular weight is 531 g/mol. The summed E-state index contributed by atoms with van der Waals surface area (Å²) in [5.74, 6) is -3.27. The quantitative estimate of drug-likeness (QED) is 0.183. The van der Waals surface area contributed by atoms with Crippen LogP contribution < -0.4 is 21.7 Å². The third kappa shape index (κ3) is 9.51. The number of H-pyrrole nitrogens is 1. The van der Waals surface area contributed by atoms with Crippen molar-refractivity contribution in [2.24, 2.45) is 17.6 Å². The second kappa shape index (κ2) is 14.1. The highest BCUT2D eigenvalue weighted by molar-refractivity contribution is 5.94. The Labute approximate surface area is 221 Å². The Morgan fingerprint density at radius 3 is 2.05 bits per heavy atom. The van der Waals surface area contributed by atoms with Gasteiger partial charge in [-0.2, -0.15) is 0 Å². The normalized spacial score (nSPS) is 14.4. The molecule has 4 atom stereocenters. The fourth-order valence-corrected chi connectivity index (χ4v) is 3.83. The molecular weight excluding hydrogens is 492 g/mol. The van der Waals surface area contributed by atoms with Crippen LogP contribution in [0.2, 0.25) is 0 Å². The summed E-state index contributed by atoms with van der Waals surface area (Å²) in [6.45, 7) is 7.10. The van der Waals surface area contributed by atoms with Crippen molar-refractivity contribution < 1.29 is 29.4 Å². The van der Waals surface area contributed by atoms with E-state index >= 15 is 0 Å². The minimum Gasteiger partial charge on any atom is -0.508 e. The summed E-state index contributed by atoms with van der Waals surface area (Å²) in [5.41, 5.74) is 7.38. The van der Waals surface area contributed by atoms with E-state index in [0.717, 1.165) is 5.56 Å². The summed E-state index contributed by atoms with van der Waals surface area (Å²) < 4.78 is 0. The van der Waals surface area contributed by atoms with E-state index < -0.39 is 47.9 Å². The molecule has 0 aliphatic heterocycles. The molecule has 0 fully saturated rings. The maximum absolute atomic E-state index is 13.3. The van der Waals surface area contributed by atoms with Crippen LogP contribution in [-0.2, 0) is 32.0 Å². The molecule has 0 aliphatic rings. The molecule has 1 heterocycles. The zero-order valence-corrected chi connectivity index (χ0v) is 22.1. The van der Waals surface area contributed by atoms with Gasteiger partial charge in [0.05, 0.1) is 12.4 Å². The van der Waals surface area contributed by atoms with Crippen molar-refractivity contribution in [3.05, 3.63) is 48.0 Å². The number of hydrogen-bond acceptors (Lipinski definition) is 7. The first-order valence-electron chi connectivity index (χ1n) is 12.5. The monoisotopic (exact) mass is 530 g/mol. The molecule has 12 heteroatoms. The van der Waals surface area contributed by atoms with Crippen LogP contribution in [0.5, 0.6) is 5.75 Å². The molecule has 2 rings (SSSR count). The largest absolute Gasteiger partial charge is 0.508 e. The van der Waals surface area contributed by atoms with Crippen molar-refractivity contribution in [1.29, 1.82) is 0 Å². The first-order valence-corrected chi connectivity index (χ1v) is 12.5. The molecule has 12 nitrogen and oxygen atoms in total. The molecule has 4 unspecified atom stereocenters. The lowest BCUT2D eigenvalue weighted by molar-refractivity contribution is -0.143. The number of benzene rings is 1. The number of aromatic nitrogens is 2. The summed E-state index contributed by atoms with van der Waals surface area (Å²) in [5, 5.41) is 26.8. The van der Waals surface area contributed by atoms with Gasteiger partial charge in [0.25, 0.3) is 0 Å². The van der Waals surface area contributed by atoms with Crippen molar-refractivity contribution in [1.82, 2.24) is 25.9 Å². The third-order valence-electron chi connectivity index (χ3n) is 5.91. The molecule has 0 aliphatic carbocycles. The zero-order chi connectivity index (χ0) is 28.4. The van der Waals surface area contributed by atoms with E-state index in [1.165, 1.54) is 24.7 Å². The maximum atomic E-state index is 13.3. The number of carbonyl (C=O) groups is 4. The predicted molar refractivity (Wildman–Crippen MR) is 140 cm³/mol. The van der Waals surface area contributed by atoms with Crippen molar-refractivity contribution in [2.75, 3.05) is 0 Å². The number of aliphatic carboxylic acids is 1. The van der Waals surface area contributed by atoms with E-state index in [9.17, 15) is 29.4 Å². The van der Waals surface area contributed by atoms with Crippen molar-refractivity contribution in [2.45, 2.75) is 71.1 Å². The van der Waals surface area contributed by atoms with Crippen LogP contribution in [-0.4, -0.2) is 68.0 Å². The summed E-state index contributed by atoms with van der Waals surface area (Å²) in [6.07, 6.45) is 3.44. The van der Waals surface area contributed by atoms with Crippen LogP contribution in [0.4, 0.5) is 0 Å². The van der Waals surface area contributed by atoms with Gasteiger partial charge in [0, 0.05) is 18.3 Å². The van der Waals surface area contributed by atoms with Gasteiger partial charge in [-0.05, 0) is 42.4 Å². The predicted octanol–water partition coefficient (Wildman–Crippen LogP) is 0.469. The number of aromatic hydroxyl groups is 1. The molecule has 3 amide bonds.